The summed E-state index contributed by atoms with van der Waals surface area (Å²) in [7, 11) is 0. The molecule has 0 bridgehead atoms. The second-order valence-corrected chi connectivity index (χ2v) is 7.34. The molecular formula is C19H22Cl2N3O2+. The number of halogens is 2. The average Bonchev–Trinajstić information content (AvgIpc) is 2.65. The van der Waals surface area contributed by atoms with Crippen LogP contribution in [0.4, 0.5) is 11.4 Å². The van der Waals surface area contributed by atoms with Crippen molar-refractivity contribution < 1.29 is 14.8 Å². The molecule has 1 fully saturated rings. The third kappa shape index (κ3) is 4.41. The van der Waals surface area contributed by atoms with E-state index in [0.717, 1.165) is 31.9 Å². The summed E-state index contributed by atoms with van der Waals surface area (Å²) in [6.45, 7) is 5.36. The monoisotopic (exact) mass is 394 g/mol. The lowest BCUT2D eigenvalue weighted by Crippen LogP contribution is -3.19. The number of phenolic OH excluding ortho intramolecular Hbond substituents is 1. The quantitative estimate of drug-likeness (QED) is 0.746. The smallest absolute Gasteiger partial charge is 0.282 e. The first-order valence-corrected chi connectivity index (χ1v) is 9.34. The number of nitrogens with one attached hydrogen (secondary N) is 2. The summed E-state index contributed by atoms with van der Waals surface area (Å²) in [5, 5.41) is 13.3. The van der Waals surface area contributed by atoms with Crippen LogP contribution in [0, 0.1) is 0 Å². The zero-order chi connectivity index (χ0) is 18.7. The first-order chi connectivity index (χ1) is 12.4. The van der Waals surface area contributed by atoms with E-state index in [9.17, 15) is 9.90 Å². The predicted molar refractivity (Wildman–Crippen MR) is 106 cm³/mol. The Morgan fingerprint density at radius 2 is 1.81 bits per heavy atom. The largest absolute Gasteiger partial charge is 0.508 e. The number of amides is 1. The summed E-state index contributed by atoms with van der Waals surface area (Å²) < 4.78 is 0. The summed E-state index contributed by atoms with van der Waals surface area (Å²) in [4.78, 5) is 16.1. The van der Waals surface area contributed by atoms with Gasteiger partial charge in [0.15, 0.2) is 6.04 Å². The summed E-state index contributed by atoms with van der Waals surface area (Å²) in [6, 6.07) is 12.1. The van der Waals surface area contributed by atoms with Crippen molar-refractivity contribution in [2.75, 3.05) is 36.4 Å². The molecule has 1 atom stereocenters. The van der Waals surface area contributed by atoms with Crippen molar-refractivity contribution in [1.82, 2.24) is 0 Å². The van der Waals surface area contributed by atoms with Crippen molar-refractivity contribution >= 4 is 40.5 Å². The molecule has 0 saturated carbocycles. The van der Waals surface area contributed by atoms with Gasteiger partial charge in [0.25, 0.3) is 5.91 Å². The highest BCUT2D eigenvalue weighted by molar-refractivity contribution is 6.35. The van der Waals surface area contributed by atoms with E-state index in [0.29, 0.717) is 15.7 Å². The third-order valence-electron chi connectivity index (χ3n) is 4.81. The van der Waals surface area contributed by atoms with Crippen molar-refractivity contribution in [2.24, 2.45) is 0 Å². The van der Waals surface area contributed by atoms with E-state index in [4.69, 9.17) is 23.2 Å². The number of quaternary nitrogens is 1. The van der Waals surface area contributed by atoms with E-state index >= 15 is 0 Å². The number of carbonyl (C=O) groups is 1. The van der Waals surface area contributed by atoms with Crippen LogP contribution in [-0.2, 0) is 4.79 Å². The Kier molecular flexibility index (Phi) is 5.91. The molecule has 26 heavy (non-hydrogen) atoms. The molecule has 0 radical (unpaired) electrons. The maximum atomic E-state index is 12.6. The van der Waals surface area contributed by atoms with Gasteiger partial charge in [0, 0.05) is 10.7 Å². The molecule has 0 aromatic heterocycles. The van der Waals surface area contributed by atoms with Crippen LogP contribution in [0.5, 0.6) is 5.75 Å². The van der Waals surface area contributed by atoms with E-state index in [1.807, 2.05) is 19.1 Å². The van der Waals surface area contributed by atoms with Crippen LogP contribution >= 0.6 is 23.2 Å². The van der Waals surface area contributed by atoms with Gasteiger partial charge in [0.1, 0.15) is 5.75 Å². The van der Waals surface area contributed by atoms with Crippen LogP contribution in [0.25, 0.3) is 0 Å². The number of rotatable bonds is 4. The van der Waals surface area contributed by atoms with E-state index in [-0.39, 0.29) is 17.7 Å². The fourth-order valence-electron chi connectivity index (χ4n) is 3.17. The van der Waals surface area contributed by atoms with Crippen molar-refractivity contribution in [2.45, 2.75) is 13.0 Å². The minimum atomic E-state index is -0.188. The van der Waals surface area contributed by atoms with Crippen LogP contribution in [0.3, 0.4) is 0 Å². The Bertz CT molecular complexity index is 775. The molecule has 3 rings (SSSR count). The molecule has 7 heteroatoms. The number of anilines is 2. The number of aromatic hydroxyl groups is 1. The van der Waals surface area contributed by atoms with Crippen molar-refractivity contribution in [3.8, 4) is 5.75 Å². The number of phenols is 1. The van der Waals surface area contributed by atoms with Gasteiger partial charge in [-0.25, -0.2) is 0 Å². The Balaban J connectivity index is 1.57. The fraction of sp³-hybridized carbons (Fsp3) is 0.316. The highest BCUT2D eigenvalue weighted by Crippen LogP contribution is 2.25. The Labute approximate surface area is 163 Å². The minimum absolute atomic E-state index is 0.0674. The van der Waals surface area contributed by atoms with E-state index in [1.165, 1.54) is 4.90 Å². The number of benzene rings is 2. The van der Waals surface area contributed by atoms with Crippen molar-refractivity contribution in [3.63, 3.8) is 0 Å². The molecule has 3 N–H and O–H groups in total. The van der Waals surface area contributed by atoms with E-state index in [1.54, 1.807) is 30.3 Å². The molecule has 138 valence electrons. The van der Waals surface area contributed by atoms with Gasteiger partial charge in [-0.1, -0.05) is 23.2 Å². The van der Waals surface area contributed by atoms with Crippen LogP contribution in [-0.4, -0.2) is 43.2 Å². The van der Waals surface area contributed by atoms with Crippen LogP contribution < -0.4 is 15.1 Å². The first-order valence-electron chi connectivity index (χ1n) is 8.58. The van der Waals surface area contributed by atoms with Gasteiger partial charge in [-0.3, -0.25) is 4.79 Å². The molecule has 0 spiro atoms. The SMILES string of the molecule is C[C@H](C(=O)Nc1cc(Cl)ccc1Cl)[NH+]1CCN(c2ccc(O)cc2)CC1. The Morgan fingerprint density at radius 3 is 2.46 bits per heavy atom. The zero-order valence-corrected chi connectivity index (χ0v) is 16.0. The Hall–Kier alpha value is -1.95. The first kappa shape index (κ1) is 18.8. The molecular weight excluding hydrogens is 373 g/mol. The zero-order valence-electron chi connectivity index (χ0n) is 14.5. The molecule has 0 aliphatic carbocycles. The standard InChI is InChI=1S/C19H21Cl2N3O2/c1-13(19(26)22-18-12-14(20)2-7-17(18)21)23-8-10-24(11-9-23)15-3-5-16(25)6-4-15/h2-7,12-13,25H,8-11H2,1H3,(H,22,26)/p+1/t13-/m1/s1. The molecule has 1 aliphatic rings. The molecule has 2 aromatic rings. The topological polar surface area (TPSA) is 57.0 Å². The van der Waals surface area contributed by atoms with Crippen LogP contribution in [0.2, 0.25) is 10.0 Å². The summed E-state index contributed by atoms with van der Waals surface area (Å²) in [5.41, 5.74) is 1.63. The molecule has 2 aromatic carbocycles. The molecule has 5 nitrogen and oxygen atoms in total. The second kappa shape index (κ2) is 8.16. The maximum Gasteiger partial charge on any atom is 0.282 e. The lowest BCUT2D eigenvalue weighted by Gasteiger charge is -2.36. The lowest BCUT2D eigenvalue weighted by atomic mass is 10.2. The predicted octanol–water partition coefficient (Wildman–Crippen LogP) is 2.43. The maximum absolute atomic E-state index is 12.6. The average molecular weight is 395 g/mol. The molecule has 0 unspecified atom stereocenters. The third-order valence-corrected chi connectivity index (χ3v) is 5.38. The van der Waals surface area contributed by atoms with Crippen molar-refractivity contribution in [3.05, 3.63) is 52.5 Å². The highest BCUT2D eigenvalue weighted by atomic mass is 35.5. The number of piperazine rings is 1. The van der Waals surface area contributed by atoms with Gasteiger partial charge in [-0.05, 0) is 49.4 Å². The van der Waals surface area contributed by atoms with Gasteiger partial charge in [-0.2, -0.15) is 0 Å². The Morgan fingerprint density at radius 1 is 1.15 bits per heavy atom. The normalized spacial score (nSPS) is 16.3. The van der Waals surface area contributed by atoms with Crippen LogP contribution in [0.1, 0.15) is 6.92 Å². The minimum Gasteiger partial charge on any atom is -0.508 e. The number of carbonyl (C=O) groups excluding carboxylic acids is 1. The van der Waals surface area contributed by atoms with Gasteiger partial charge in [-0.15, -0.1) is 0 Å². The van der Waals surface area contributed by atoms with Crippen molar-refractivity contribution in [1.29, 1.82) is 0 Å². The van der Waals surface area contributed by atoms with Gasteiger partial charge in [0.2, 0.25) is 0 Å². The lowest BCUT2D eigenvalue weighted by molar-refractivity contribution is -0.914. The van der Waals surface area contributed by atoms with E-state index < -0.39 is 0 Å². The van der Waals surface area contributed by atoms with Gasteiger partial charge in [0.05, 0.1) is 36.9 Å². The van der Waals surface area contributed by atoms with Gasteiger partial charge < -0.3 is 20.2 Å². The van der Waals surface area contributed by atoms with Gasteiger partial charge >= 0.3 is 0 Å². The van der Waals surface area contributed by atoms with Crippen LogP contribution in [0.15, 0.2) is 42.5 Å². The number of hydrogen-bond acceptors (Lipinski definition) is 3. The fourth-order valence-corrected chi connectivity index (χ4v) is 3.51. The summed E-state index contributed by atoms with van der Waals surface area (Å²) >= 11 is 12.1. The molecule has 1 heterocycles. The summed E-state index contributed by atoms with van der Waals surface area (Å²) in [5.74, 6) is 0.199. The molecule has 1 amide bonds. The number of nitrogens with zero attached hydrogens (tertiary/aromatic N) is 1. The summed E-state index contributed by atoms with van der Waals surface area (Å²) in [6.07, 6.45) is 0. The number of hydrogen-bond donors (Lipinski definition) is 3. The molecule has 1 aliphatic heterocycles. The molecule has 1 saturated heterocycles. The van der Waals surface area contributed by atoms with E-state index in [2.05, 4.69) is 10.2 Å². The highest BCUT2D eigenvalue weighted by Gasteiger charge is 2.29. The second-order valence-electron chi connectivity index (χ2n) is 6.50.